The Hall–Kier alpha value is -3.27. The van der Waals surface area contributed by atoms with Gasteiger partial charge in [-0.3, -0.25) is 0 Å². The van der Waals surface area contributed by atoms with E-state index in [1.807, 2.05) is 19.1 Å². The molecule has 3 rings (SSSR count). The van der Waals surface area contributed by atoms with Crippen LogP contribution in [0.25, 0.3) is 0 Å². The fourth-order valence-electron chi connectivity index (χ4n) is 2.64. The highest BCUT2D eigenvalue weighted by molar-refractivity contribution is 5.92. The Morgan fingerprint density at radius 2 is 2.17 bits per heavy atom. The van der Waals surface area contributed by atoms with Gasteiger partial charge in [0.05, 0.1) is 12.7 Å². The predicted octanol–water partition coefficient (Wildman–Crippen LogP) is 1.75. The van der Waals surface area contributed by atoms with Crippen molar-refractivity contribution in [3.8, 4) is 18.1 Å². The van der Waals surface area contributed by atoms with Crippen molar-refractivity contribution in [3.05, 3.63) is 47.4 Å². The summed E-state index contributed by atoms with van der Waals surface area (Å²) in [5, 5.41) is 7.30. The highest BCUT2D eigenvalue weighted by atomic mass is 16.5. The molecule has 0 saturated heterocycles. The summed E-state index contributed by atoms with van der Waals surface area (Å²) in [6, 6.07) is 6.90. The summed E-state index contributed by atoms with van der Waals surface area (Å²) in [5.74, 6) is 3.22. The van der Waals surface area contributed by atoms with Crippen molar-refractivity contribution >= 4 is 11.9 Å². The van der Waals surface area contributed by atoms with E-state index in [9.17, 15) is 4.79 Å². The first-order chi connectivity index (χ1) is 11.7. The number of rotatable bonds is 4. The van der Waals surface area contributed by atoms with Gasteiger partial charge in [-0.25, -0.2) is 9.48 Å². The van der Waals surface area contributed by atoms with E-state index in [2.05, 4.69) is 21.3 Å². The zero-order chi connectivity index (χ0) is 17.1. The summed E-state index contributed by atoms with van der Waals surface area (Å²) >= 11 is 0. The van der Waals surface area contributed by atoms with Gasteiger partial charge in [-0.1, -0.05) is 18.1 Å². The second-order valence-electron chi connectivity index (χ2n) is 5.15. The van der Waals surface area contributed by atoms with Crippen LogP contribution in [0.15, 0.2) is 41.9 Å². The minimum Gasteiger partial charge on any atom is -0.481 e. The number of allylic oxidation sites excluding steroid dienone is 1. The third-order valence-corrected chi connectivity index (χ3v) is 3.72. The van der Waals surface area contributed by atoms with Gasteiger partial charge in [0.2, 0.25) is 5.95 Å². The first-order valence-corrected chi connectivity index (χ1v) is 7.27. The molecule has 1 aromatic carbocycles. The van der Waals surface area contributed by atoms with Gasteiger partial charge in [0, 0.05) is 5.70 Å². The van der Waals surface area contributed by atoms with E-state index in [-0.39, 0.29) is 6.61 Å². The number of nitrogens with zero attached hydrogens (tertiary/aromatic N) is 3. The van der Waals surface area contributed by atoms with Crippen LogP contribution in [0.1, 0.15) is 18.5 Å². The van der Waals surface area contributed by atoms with Crippen LogP contribution in [0, 0.1) is 12.3 Å². The number of terminal acetylenes is 1. The Bertz CT molecular complexity index is 830. The van der Waals surface area contributed by atoms with Crippen molar-refractivity contribution in [2.75, 3.05) is 19.0 Å². The second-order valence-corrected chi connectivity index (χ2v) is 5.15. The molecule has 0 amide bonds. The Kier molecular flexibility index (Phi) is 4.20. The SMILES string of the molecule is C#CCOc1ccc([C@@H]2C(C(=O)OC)=C(C)Nc3ncnn32)cc1. The molecule has 1 N–H and O–H groups in total. The number of ether oxygens (including phenoxy) is 2. The molecule has 0 aliphatic carbocycles. The van der Waals surface area contributed by atoms with E-state index in [1.165, 1.54) is 13.4 Å². The van der Waals surface area contributed by atoms with Crippen LogP contribution < -0.4 is 10.1 Å². The van der Waals surface area contributed by atoms with E-state index in [4.69, 9.17) is 15.9 Å². The molecule has 1 aromatic heterocycles. The van der Waals surface area contributed by atoms with Gasteiger partial charge in [-0.15, -0.1) is 6.42 Å². The second kappa shape index (κ2) is 6.46. The normalized spacial score (nSPS) is 16.0. The number of hydrogen-bond acceptors (Lipinski definition) is 6. The standard InChI is InChI=1S/C17H16N4O3/c1-4-9-24-13-7-5-12(6-8-13)15-14(16(22)23-3)11(2)20-17-18-10-19-21(15)17/h1,5-8,10,15H,9H2,2-3H3,(H,18,19,20)/t15-/m1/s1. The van der Waals surface area contributed by atoms with Gasteiger partial charge in [0.15, 0.2) is 0 Å². The smallest absolute Gasteiger partial charge is 0.338 e. The molecule has 2 heterocycles. The van der Waals surface area contributed by atoms with Crippen LogP contribution in [0.3, 0.4) is 0 Å². The monoisotopic (exact) mass is 324 g/mol. The zero-order valence-corrected chi connectivity index (χ0v) is 13.3. The van der Waals surface area contributed by atoms with Gasteiger partial charge in [0.25, 0.3) is 0 Å². The molecule has 7 heteroatoms. The van der Waals surface area contributed by atoms with Crippen molar-refractivity contribution in [1.29, 1.82) is 0 Å². The summed E-state index contributed by atoms with van der Waals surface area (Å²) in [4.78, 5) is 16.4. The van der Waals surface area contributed by atoms with Crippen LogP contribution in [0.5, 0.6) is 5.75 Å². The number of fused-ring (bicyclic) bond motifs is 1. The molecule has 0 spiro atoms. The Balaban J connectivity index is 2.03. The predicted molar refractivity (Wildman–Crippen MR) is 87.3 cm³/mol. The minimum absolute atomic E-state index is 0.201. The van der Waals surface area contributed by atoms with Crippen LogP contribution >= 0.6 is 0 Å². The molecule has 1 aliphatic rings. The molecule has 2 aromatic rings. The third-order valence-electron chi connectivity index (χ3n) is 3.72. The number of carbonyl (C=O) groups excluding carboxylic acids is 1. The van der Waals surface area contributed by atoms with Gasteiger partial charge in [-0.2, -0.15) is 10.1 Å². The topological polar surface area (TPSA) is 78.3 Å². The van der Waals surface area contributed by atoms with E-state index in [0.717, 1.165) is 5.56 Å². The van der Waals surface area contributed by atoms with Crippen molar-refractivity contribution in [3.63, 3.8) is 0 Å². The first kappa shape index (κ1) is 15.6. The summed E-state index contributed by atoms with van der Waals surface area (Å²) < 4.78 is 12.0. The first-order valence-electron chi connectivity index (χ1n) is 7.27. The van der Waals surface area contributed by atoms with Crippen molar-refractivity contribution in [2.24, 2.45) is 0 Å². The molecule has 0 unspecified atom stereocenters. The number of anilines is 1. The Morgan fingerprint density at radius 1 is 1.42 bits per heavy atom. The molecular weight excluding hydrogens is 308 g/mol. The summed E-state index contributed by atoms with van der Waals surface area (Å²) in [6.07, 6.45) is 6.63. The molecule has 1 atom stereocenters. The van der Waals surface area contributed by atoms with Crippen LogP contribution in [-0.4, -0.2) is 34.5 Å². The van der Waals surface area contributed by atoms with E-state index < -0.39 is 12.0 Å². The number of methoxy groups -OCH3 is 1. The molecule has 0 fully saturated rings. The lowest BCUT2D eigenvalue weighted by molar-refractivity contribution is -0.136. The van der Waals surface area contributed by atoms with Gasteiger partial charge >= 0.3 is 5.97 Å². The number of esters is 1. The molecule has 1 aliphatic heterocycles. The number of nitrogens with one attached hydrogen (secondary N) is 1. The van der Waals surface area contributed by atoms with Crippen LogP contribution in [0.2, 0.25) is 0 Å². The lowest BCUT2D eigenvalue weighted by atomic mass is 9.96. The van der Waals surface area contributed by atoms with E-state index in [0.29, 0.717) is 23.0 Å². The molecular formula is C17H16N4O3. The van der Waals surface area contributed by atoms with Gasteiger partial charge < -0.3 is 14.8 Å². The average molecular weight is 324 g/mol. The van der Waals surface area contributed by atoms with Crippen LogP contribution in [0.4, 0.5) is 5.95 Å². The molecule has 0 radical (unpaired) electrons. The summed E-state index contributed by atoms with van der Waals surface area (Å²) in [5.41, 5.74) is 2.02. The van der Waals surface area contributed by atoms with Gasteiger partial charge in [-0.05, 0) is 24.6 Å². The third kappa shape index (κ3) is 2.70. The Morgan fingerprint density at radius 3 is 2.83 bits per heavy atom. The largest absolute Gasteiger partial charge is 0.481 e. The number of aromatic nitrogens is 3. The maximum absolute atomic E-state index is 12.3. The molecule has 0 bridgehead atoms. The van der Waals surface area contributed by atoms with Gasteiger partial charge in [0.1, 0.15) is 24.7 Å². The van der Waals surface area contributed by atoms with Crippen molar-refractivity contribution in [1.82, 2.24) is 14.8 Å². The lowest BCUT2D eigenvalue weighted by Gasteiger charge is -2.27. The quantitative estimate of drug-likeness (QED) is 0.682. The maximum Gasteiger partial charge on any atom is 0.338 e. The van der Waals surface area contributed by atoms with Crippen molar-refractivity contribution < 1.29 is 14.3 Å². The lowest BCUT2D eigenvalue weighted by Crippen LogP contribution is -2.29. The number of carbonyl (C=O) groups is 1. The van der Waals surface area contributed by atoms with E-state index in [1.54, 1.807) is 16.8 Å². The molecule has 24 heavy (non-hydrogen) atoms. The number of hydrogen-bond donors (Lipinski definition) is 1. The summed E-state index contributed by atoms with van der Waals surface area (Å²) in [7, 11) is 1.35. The minimum atomic E-state index is -0.433. The summed E-state index contributed by atoms with van der Waals surface area (Å²) in [6.45, 7) is 2.01. The molecule has 0 saturated carbocycles. The Labute approximate surface area is 139 Å². The van der Waals surface area contributed by atoms with Crippen LogP contribution in [-0.2, 0) is 9.53 Å². The zero-order valence-electron chi connectivity index (χ0n) is 13.3. The van der Waals surface area contributed by atoms with E-state index >= 15 is 0 Å². The highest BCUT2D eigenvalue weighted by Crippen LogP contribution is 2.35. The average Bonchev–Trinajstić information content (AvgIpc) is 3.06. The number of benzene rings is 1. The highest BCUT2D eigenvalue weighted by Gasteiger charge is 2.33. The molecule has 122 valence electrons. The fourth-order valence-corrected chi connectivity index (χ4v) is 2.64. The van der Waals surface area contributed by atoms with Crippen molar-refractivity contribution in [2.45, 2.75) is 13.0 Å². The molecule has 7 nitrogen and oxygen atoms in total. The fraction of sp³-hybridized carbons (Fsp3) is 0.235. The maximum atomic E-state index is 12.3.